The summed E-state index contributed by atoms with van der Waals surface area (Å²) in [5.74, 6) is 1.37. The Balaban J connectivity index is 1.90. The topological polar surface area (TPSA) is 30.9 Å². The first kappa shape index (κ1) is 16.0. The summed E-state index contributed by atoms with van der Waals surface area (Å²) in [6.07, 6.45) is 4.05. The minimum atomic E-state index is -0.896. The smallest absolute Gasteiger partial charge is 0.268 e. The van der Waals surface area contributed by atoms with Crippen LogP contribution in [0.15, 0.2) is 54.6 Å². The Bertz CT molecular complexity index is 862. The van der Waals surface area contributed by atoms with Gasteiger partial charge in [-0.2, -0.15) is 0 Å². The first-order valence-corrected chi connectivity index (χ1v) is 8.53. The summed E-state index contributed by atoms with van der Waals surface area (Å²) in [6.45, 7) is 3.96. The Morgan fingerprint density at radius 3 is 2.48 bits per heavy atom. The fourth-order valence-corrected chi connectivity index (χ4v) is 3.84. The number of ether oxygens (including phenoxy) is 3. The highest BCUT2D eigenvalue weighted by molar-refractivity contribution is 7.80. The highest BCUT2D eigenvalue weighted by Crippen LogP contribution is 2.49. The van der Waals surface area contributed by atoms with Crippen molar-refractivity contribution in [3.05, 3.63) is 60.2 Å². The van der Waals surface area contributed by atoms with Crippen molar-refractivity contribution in [3.8, 4) is 11.5 Å². The second kappa shape index (κ2) is 5.49. The van der Waals surface area contributed by atoms with E-state index in [2.05, 4.69) is 0 Å². The third-order valence-corrected chi connectivity index (χ3v) is 4.98. The van der Waals surface area contributed by atoms with Gasteiger partial charge in [0.25, 0.3) is 5.17 Å². The number of benzene rings is 2. The molecule has 0 radical (unpaired) electrons. The summed E-state index contributed by atoms with van der Waals surface area (Å²) >= 11 is 5.54. The molecule has 2 aliphatic rings. The van der Waals surface area contributed by atoms with E-state index in [1.165, 1.54) is 0 Å². The van der Waals surface area contributed by atoms with Crippen molar-refractivity contribution < 1.29 is 14.2 Å². The van der Waals surface area contributed by atoms with Crippen molar-refractivity contribution >= 4 is 29.2 Å². The maximum atomic E-state index is 6.56. The summed E-state index contributed by atoms with van der Waals surface area (Å²) in [7, 11) is 1.64. The molecule has 1 spiro atoms. The molecule has 1 saturated heterocycles. The van der Waals surface area contributed by atoms with Crippen LogP contribution in [0.2, 0.25) is 0 Å². The van der Waals surface area contributed by atoms with Crippen molar-refractivity contribution in [1.82, 2.24) is 0 Å². The molecule has 0 aromatic heterocycles. The van der Waals surface area contributed by atoms with Crippen LogP contribution in [0.25, 0.3) is 6.08 Å². The first-order valence-electron chi connectivity index (χ1n) is 8.12. The quantitative estimate of drug-likeness (QED) is 0.747. The lowest BCUT2D eigenvalue weighted by molar-refractivity contribution is -0.0319. The number of anilines is 1. The number of rotatable bonds is 2. The average molecular weight is 353 g/mol. The molecule has 5 heteroatoms. The molecule has 2 heterocycles. The Morgan fingerprint density at radius 2 is 1.76 bits per heavy atom. The molecule has 0 saturated carbocycles. The van der Waals surface area contributed by atoms with Crippen molar-refractivity contribution in [2.24, 2.45) is 0 Å². The molecule has 2 aromatic rings. The molecule has 2 aromatic carbocycles. The zero-order chi connectivity index (χ0) is 17.7. The van der Waals surface area contributed by atoms with Gasteiger partial charge in [0.1, 0.15) is 0 Å². The zero-order valence-electron chi connectivity index (χ0n) is 14.4. The summed E-state index contributed by atoms with van der Waals surface area (Å²) < 4.78 is 18.1. The van der Waals surface area contributed by atoms with E-state index in [0.29, 0.717) is 16.7 Å². The molecule has 1 atom stereocenters. The second-order valence-corrected chi connectivity index (χ2v) is 6.91. The van der Waals surface area contributed by atoms with E-state index in [-0.39, 0.29) is 0 Å². The maximum absolute atomic E-state index is 6.56. The summed E-state index contributed by atoms with van der Waals surface area (Å²) in [6, 6.07) is 15.7. The van der Waals surface area contributed by atoms with Crippen LogP contribution in [0.4, 0.5) is 5.69 Å². The Hall–Kier alpha value is -2.53. The van der Waals surface area contributed by atoms with Crippen LogP contribution < -0.4 is 14.4 Å². The van der Waals surface area contributed by atoms with Crippen molar-refractivity contribution in [2.45, 2.75) is 25.2 Å². The number of thiocarbonyl (C=S) groups is 1. The van der Waals surface area contributed by atoms with E-state index in [4.69, 9.17) is 26.4 Å². The third kappa shape index (κ3) is 2.23. The number of para-hydroxylation sites is 2. The largest absolute Gasteiger partial charge is 0.493 e. The molecule has 0 aliphatic carbocycles. The fourth-order valence-electron chi connectivity index (χ4n) is 3.39. The fraction of sp³-hybridized carbons (Fsp3) is 0.250. The first-order chi connectivity index (χ1) is 12.0. The highest BCUT2D eigenvalue weighted by Gasteiger charge is 2.61. The third-order valence-electron chi connectivity index (χ3n) is 4.71. The number of nitrogens with zero attached hydrogens (tertiary/aromatic N) is 1. The second-order valence-electron chi connectivity index (χ2n) is 6.56. The molecule has 0 amide bonds. The van der Waals surface area contributed by atoms with Crippen LogP contribution in [0.1, 0.15) is 19.4 Å². The zero-order valence-corrected chi connectivity index (χ0v) is 15.2. The highest BCUT2D eigenvalue weighted by atomic mass is 32.1. The van der Waals surface area contributed by atoms with E-state index < -0.39 is 11.3 Å². The van der Waals surface area contributed by atoms with Gasteiger partial charge in [-0.25, -0.2) is 0 Å². The van der Waals surface area contributed by atoms with Gasteiger partial charge in [-0.1, -0.05) is 30.3 Å². The van der Waals surface area contributed by atoms with Crippen molar-refractivity contribution in [3.63, 3.8) is 0 Å². The molecule has 0 N–H and O–H groups in total. The van der Waals surface area contributed by atoms with Crippen LogP contribution in [-0.2, 0) is 4.74 Å². The van der Waals surface area contributed by atoms with Gasteiger partial charge >= 0.3 is 0 Å². The standard InChI is InChI=1S/C20H19NO3S/c1-19(2)20(21(18(25)24-19)15-9-5-4-6-10-15)13-12-14-8-7-11-16(22-3)17(14)23-20/h4-13H,1-3H3. The van der Waals surface area contributed by atoms with Crippen LogP contribution in [-0.4, -0.2) is 23.6 Å². The minimum absolute atomic E-state index is 0.388. The van der Waals surface area contributed by atoms with Gasteiger partial charge in [-0.05, 0) is 56.4 Å². The molecule has 25 heavy (non-hydrogen) atoms. The molecule has 4 rings (SSSR count). The lowest BCUT2D eigenvalue weighted by atomic mass is 9.90. The SMILES string of the molecule is COc1cccc2c1OC1(C=C2)N(c2ccccc2)C(=S)OC1(C)C. The van der Waals surface area contributed by atoms with E-state index in [0.717, 1.165) is 11.3 Å². The van der Waals surface area contributed by atoms with Crippen molar-refractivity contribution in [1.29, 1.82) is 0 Å². The van der Waals surface area contributed by atoms with E-state index in [1.54, 1.807) is 7.11 Å². The Kier molecular flexibility index (Phi) is 3.51. The van der Waals surface area contributed by atoms with Crippen LogP contribution in [0.5, 0.6) is 11.5 Å². The number of fused-ring (bicyclic) bond motifs is 1. The number of hydrogen-bond donors (Lipinski definition) is 0. The minimum Gasteiger partial charge on any atom is -0.493 e. The molecule has 1 fully saturated rings. The lowest BCUT2D eigenvalue weighted by Crippen LogP contribution is -2.60. The molecule has 1 unspecified atom stereocenters. The van der Waals surface area contributed by atoms with Crippen molar-refractivity contribution in [2.75, 3.05) is 12.0 Å². The van der Waals surface area contributed by atoms with Crippen LogP contribution in [0.3, 0.4) is 0 Å². The maximum Gasteiger partial charge on any atom is 0.268 e. The molecule has 0 bridgehead atoms. The monoisotopic (exact) mass is 353 g/mol. The van der Waals surface area contributed by atoms with Gasteiger partial charge in [0.05, 0.1) is 7.11 Å². The van der Waals surface area contributed by atoms with E-state index >= 15 is 0 Å². The lowest BCUT2D eigenvalue weighted by Gasteiger charge is -2.43. The normalized spacial score (nSPS) is 23.2. The predicted molar refractivity (Wildman–Crippen MR) is 102 cm³/mol. The molecular weight excluding hydrogens is 334 g/mol. The van der Waals surface area contributed by atoms with Gasteiger partial charge in [0, 0.05) is 11.3 Å². The van der Waals surface area contributed by atoms with Gasteiger partial charge in [0.15, 0.2) is 17.1 Å². The summed E-state index contributed by atoms with van der Waals surface area (Å²) in [5, 5.41) is 0.388. The summed E-state index contributed by atoms with van der Waals surface area (Å²) in [5.41, 5.74) is 0.301. The van der Waals surface area contributed by atoms with Gasteiger partial charge in [-0.15, -0.1) is 0 Å². The van der Waals surface area contributed by atoms with E-state index in [1.807, 2.05) is 79.4 Å². The number of methoxy groups -OCH3 is 1. The molecule has 128 valence electrons. The Labute approximate surface area is 152 Å². The molecule has 4 nitrogen and oxygen atoms in total. The predicted octanol–water partition coefficient (Wildman–Crippen LogP) is 4.40. The average Bonchev–Trinajstić information content (AvgIpc) is 2.80. The molecular formula is C20H19NO3S. The van der Waals surface area contributed by atoms with Gasteiger partial charge in [0.2, 0.25) is 5.72 Å². The van der Waals surface area contributed by atoms with Crippen LogP contribution >= 0.6 is 12.2 Å². The van der Waals surface area contributed by atoms with E-state index in [9.17, 15) is 0 Å². The van der Waals surface area contributed by atoms with Crippen LogP contribution in [0, 0.1) is 0 Å². The van der Waals surface area contributed by atoms with Gasteiger partial charge < -0.3 is 14.2 Å². The molecule has 2 aliphatic heterocycles. The van der Waals surface area contributed by atoms with Gasteiger partial charge in [-0.3, -0.25) is 4.90 Å². The summed E-state index contributed by atoms with van der Waals surface area (Å²) in [4.78, 5) is 1.92. The number of hydrogen-bond acceptors (Lipinski definition) is 4. The Morgan fingerprint density at radius 1 is 1.00 bits per heavy atom.